The van der Waals surface area contributed by atoms with Crippen molar-refractivity contribution in [2.24, 2.45) is 0 Å². The molecule has 29 heavy (non-hydrogen) atoms. The number of nitrogens with zero attached hydrogens (tertiary/aromatic N) is 3. The van der Waals surface area contributed by atoms with Crippen molar-refractivity contribution >= 4 is 45.9 Å². The molecule has 2 heterocycles. The Morgan fingerprint density at radius 1 is 1.21 bits per heavy atom. The standard InChI is InChI=1S/C20H19ClN6O2/c21-13-2-4-14(5-3-13)25-20(29)26-16-7-8-27(19(16)28)10-12-1-6-15-17(9-12)23-11-24-18(15)22/h1-6,9,11,16H,7-8,10H2,(H2,22,23,24)(H2,25,26,29)/t16-/m0/s1. The number of nitrogens with two attached hydrogens (primary N) is 1. The highest BCUT2D eigenvalue weighted by Gasteiger charge is 2.32. The van der Waals surface area contributed by atoms with Crippen LogP contribution in [0.4, 0.5) is 16.3 Å². The van der Waals surface area contributed by atoms with E-state index in [9.17, 15) is 9.59 Å². The molecular formula is C20H19ClN6O2. The molecule has 1 aliphatic heterocycles. The molecule has 0 aliphatic carbocycles. The predicted octanol–water partition coefficient (Wildman–Crippen LogP) is 2.79. The van der Waals surface area contributed by atoms with Crippen LogP contribution in [0.2, 0.25) is 5.02 Å². The van der Waals surface area contributed by atoms with Crippen LogP contribution in [0.3, 0.4) is 0 Å². The predicted molar refractivity (Wildman–Crippen MR) is 111 cm³/mol. The summed E-state index contributed by atoms with van der Waals surface area (Å²) in [5.74, 6) is 0.313. The van der Waals surface area contributed by atoms with E-state index in [4.69, 9.17) is 17.3 Å². The normalized spacial score (nSPS) is 16.2. The molecule has 1 aromatic heterocycles. The van der Waals surface area contributed by atoms with Gasteiger partial charge in [0.2, 0.25) is 5.91 Å². The Labute approximate surface area is 172 Å². The van der Waals surface area contributed by atoms with Crippen molar-refractivity contribution in [1.82, 2.24) is 20.2 Å². The van der Waals surface area contributed by atoms with Gasteiger partial charge in [-0.3, -0.25) is 4.79 Å². The van der Waals surface area contributed by atoms with Gasteiger partial charge in [-0.05, 0) is 48.4 Å². The minimum atomic E-state index is -0.555. The first-order valence-electron chi connectivity index (χ1n) is 9.10. The molecule has 2 aromatic carbocycles. The van der Waals surface area contributed by atoms with Crippen molar-refractivity contribution in [2.45, 2.75) is 19.0 Å². The summed E-state index contributed by atoms with van der Waals surface area (Å²) in [6.07, 6.45) is 1.97. The highest BCUT2D eigenvalue weighted by atomic mass is 35.5. The van der Waals surface area contributed by atoms with E-state index in [0.29, 0.717) is 36.0 Å². The molecule has 1 saturated heterocycles. The van der Waals surface area contributed by atoms with E-state index in [1.165, 1.54) is 6.33 Å². The first kappa shape index (κ1) is 18.9. The van der Waals surface area contributed by atoms with E-state index in [1.807, 2.05) is 18.2 Å². The van der Waals surface area contributed by atoms with Gasteiger partial charge in [-0.1, -0.05) is 17.7 Å². The second-order valence-corrected chi connectivity index (χ2v) is 7.25. The van der Waals surface area contributed by atoms with Crippen LogP contribution < -0.4 is 16.4 Å². The van der Waals surface area contributed by atoms with Gasteiger partial charge in [0.25, 0.3) is 0 Å². The molecule has 0 spiro atoms. The molecular weight excluding hydrogens is 392 g/mol. The van der Waals surface area contributed by atoms with Crippen LogP contribution in [0.1, 0.15) is 12.0 Å². The van der Waals surface area contributed by atoms with Crippen molar-refractivity contribution in [3.05, 3.63) is 59.4 Å². The van der Waals surface area contributed by atoms with Crippen molar-refractivity contribution in [1.29, 1.82) is 0 Å². The molecule has 0 saturated carbocycles. The number of nitrogen functional groups attached to an aromatic ring is 1. The number of hydrogen-bond donors (Lipinski definition) is 3. The number of nitrogens with one attached hydrogen (secondary N) is 2. The zero-order valence-electron chi connectivity index (χ0n) is 15.4. The minimum Gasteiger partial charge on any atom is -0.383 e. The summed E-state index contributed by atoms with van der Waals surface area (Å²) in [6.45, 7) is 1.00. The van der Waals surface area contributed by atoms with E-state index in [0.717, 1.165) is 16.5 Å². The van der Waals surface area contributed by atoms with Crippen molar-refractivity contribution in [3.8, 4) is 0 Å². The highest BCUT2D eigenvalue weighted by Crippen LogP contribution is 2.21. The molecule has 4 N–H and O–H groups in total. The first-order valence-corrected chi connectivity index (χ1v) is 9.48. The van der Waals surface area contributed by atoms with Crippen LogP contribution in [0.15, 0.2) is 48.8 Å². The Kier molecular flexibility index (Phi) is 5.18. The van der Waals surface area contributed by atoms with Gasteiger partial charge in [-0.15, -0.1) is 0 Å². The molecule has 0 radical (unpaired) electrons. The van der Waals surface area contributed by atoms with Gasteiger partial charge in [0, 0.05) is 29.2 Å². The van der Waals surface area contributed by atoms with Crippen LogP contribution in [0, 0.1) is 0 Å². The maximum Gasteiger partial charge on any atom is 0.319 e. The van der Waals surface area contributed by atoms with Gasteiger partial charge in [0.15, 0.2) is 0 Å². The van der Waals surface area contributed by atoms with E-state index in [-0.39, 0.29) is 5.91 Å². The zero-order valence-corrected chi connectivity index (χ0v) is 16.2. The molecule has 1 aliphatic rings. The minimum absolute atomic E-state index is 0.112. The number of aromatic nitrogens is 2. The molecule has 4 rings (SSSR count). The summed E-state index contributed by atoms with van der Waals surface area (Å²) in [6, 6.07) is 11.4. The monoisotopic (exact) mass is 410 g/mol. The number of carbonyl (C=O) groups is 2. The van der Waals surface area contributed by atoms with Gasteiger partial charge < -0.3 is 21.3 Å². The highest BCUT2D eigenvalue weighted by molar-refractivity contribution is 6.30. The van der Waals surface area contributed by atoms with Crippen LogP contribution in [0.5, 0.6) is 0 Å². The number of likely N-dealkylation sites (tertiary alicyclic amines) is 1. The maximum atomic E-state index is 12.7. The van der Waals surface area contributed by atoms with Crippen LogP contribution in [-0.2, 0) is 11.3 Å². The van der Waals surface area contributed by atoms with Crippen molar-refractivity contribution in [2.75, 3.05) is 17.6 Å². The lowest BCUT2D eigenvalue weighted by molar-refractivity contribution is -0.129. The lowest BCUT2D eigenvalue weighted by atomic mass is 10.1. The second kappa shape index (κ2) is 7.92. The summed E-state index contributed by atoms with van der Waals surface area (Å²) in [5.41, 5.74) is 8.13. The Morgan fingerprint density at radius 3 is 2.79 bits per heavy atom. The van der Waals surface area contributed by atoms with Gasteiger partial charge >= 0.3 is 6.03 Å². The SMILES string of the molecule is Nc1ncnc2cc(CN3CC[C@H](NC(=O)Nc4ccc(Cl)cc4)C3=O)ccc12. The third-order valence-corrected chi connectivity index (χ3v) is 5.06. The van der Waals surface area contributed by atoms with Crippen molar-refractivity contribution in [3.63, 3.8) is 0 Å². The lowest BCUT2D eigenvalue weighted by Crippen LogP contribution is -2.43. The van der Waals surface area contributed by atoms with Crippen LogP contribution in [-0.4, -0.2) is 39.4 Å². The van der Waals surface area contributed by atoms with E-state index in [1.54, 1.807) is 29.2 Å². The fraction of sp³-hybridized carbons (Fsp3) is 0.200. The smallest absolute Gasteiger partial charge is 0.319 e. The molecule has 9 heteroatoms. The fourth-order valence-electron chi connectivity index (χ4n) is 3.33. The summed E-state index contributed by atoms with van der Waals surface area (Å²) in [5, 5.41) is 6.80. The lowest BCUT2D eigenvalue weighted by Gasteiger charge is -2.18. The number of benzene rings is 2. The summed E-state index contributed by atoms with van der Waals surface area (Å²) >= 11 is 5.84. The molecule has 1 fully saturated rings. The van der Waals surface area contributed by atoms with E-state index in [2.05, 4.69) is 20.6 Å². The van der Waals surface area contributed by atoms with Crippen LogP contribution in [0.25, 0.3) is 10.9 Å². The molecule has 148 valence electrons. The maximum absolute atomic E-state index is 12.7. The molecule has 0 unspecified atom stereocenters. The Bertz CT molecular complexity index is 1070. The third kappa shape index (κ3) is 4.22. The number of rotatable bonds is 4. The molecule has 1 atom stereocenters. The first-order chi connectivity index (χ1) is 14.0. The Hall–Kier alpha value is -3.39. The summed E-state index contributed by atoms with van der Waals surface area (Å²) in [4.78, 5) is 34.8. The topological polar surface area (TPSA) is 113 Å². The van der Waals surface area contributed by atoms with E-state index < -0.39 is 12.1 Å². The number of hydrogen-bond acceptors (Lipinski definition) is 5. The van der Waals surface area contributed by atoms with Gasteiger partial charge in [-0.2, -0.15) is 0 Å². The number of urea groups is 1. The Balaban J connectivity index is 1.37. The number of anilines is 2. The zero-order chi connectivity index (χ0) is 20.4. The third-order valence-electron chi connectivity index (χ3n) is 4.81. The average molecular weight is 411 g/mol. The molecule has 3 amide bonds. The summed E-state index contributed by atoms with van der Waals surface area (Å²) < 4.78 is 0. The second-order valence-electron chi connectivity index (χ2n) is 6.82. The van der Waals surface area contributed by atoms with Crippen LogP contribution >= 0.6 is 11.6 Å². The average Bonchev–Trinajstić information content (AvgIpc) is 3.03. The number of carbonyl (C=O) groups excluding carboxylic acids is 2. The van der Waals surface area contributed by atoms with Gasteiger partial charge in [0.05, 0.1) is 5.52 Å². The number of amides is 3. The number of halogens is 1. The molecule has 3 aromatic rings. The van der Waals surface area contributed by atoms with E-state index >= 15 is 0 Å². The number of fused-ring (bicyclic) bond motifs is 1. The van der Waals surface area contributed by atoms with Gasteiger partial charge in [0.1, 0.15) is 18.2 Å². The molecule has 0 bridgehead atoms. The molecule has 8 nitrogen and oxygen atoms in total. The van der Waals surface area contributed by atoms with Crippen molar-refractivity contribution < 1.29 is 9.59 Å². The van der Waals surface area contributed by atoms with Gasteiger partial charge in [-0.25, -0.2) is 14.8 Å². The Morgan fingerprint density at radius 2 is 2.00 bits per heavy atom. The fourth-order valence-corrected chi connectivity index (χ4v) is 3.46. The summed E-state index contributed by atoms with van der Waals surface area (Å²) in [7, 11) is 0. The largest absolute Gasteiger partial charge is 0.383 e. The quantitative estimate of drug-likeness (QED) is 0.612.